The van der Waals surface area contributed by atoms with Crippen LogP contribution in [-0.4, -0.2) is 50.2 Å². The van der Waals surface area contributed by atoms with E-state index in [0.29, 0.717) is 5.75 Å². The molecule has 0 aliphatic rings. The van der Waals surface area contributed by atoms with Crippen molar-refractivity contribution in [1.29, 1.82) is 0 Å². The van der Waals surface area contributed by atoms with E-state index >= 15 is 0 Å². The van der Waals surface area contributed by atoms with Crippen LogP contribution in [0.15, 0.2) is 30.3 Å². The Balaban J connectivity index is 2.40. The first-order valence-corrected chi connectivity index (χ1v) is 8.11. The standard InChI is InChI=1S/C18H22N2O7/c1-4-26-18(24)20-16(22)11-27-17(23)12(2)19-15(21)10-7-13-5-8-14(25-3)9-6-13/h5-10,12H,4,11H2,1-3H3,(H,19,21)(H,20,22,24)/b10-7+/t12-/m0/s1. The molecular weight excluding hydrogens is 356 g/mol. The van der Waals surface area contributed by atoms with Crippen LogP contribution >= 0.6 is 0 Å². The van der Waals surface area contributed by atoms with Gasteiger partial charge >= 0.3 is 12.1 Å². The zero-order valence-corrected chi connectivity index (χ0v) is 15.3. The lowest BCUT2D eigenvalue weighted by molar-refractivity contribution is -0.150. The fourth-order valence-electron chi connectivity index (χ4n) is 1.79. The third-order valence-electron chi connectivity index (χ3n) is 3.12. The number of esters is 1. The van der Waals surface area contributed by atoms with Crippen LogP contribution in [0.2, 0.25) is 0 Å². The van der Waals surface area contributed by atoms with Gasteiger partial charge in [-0.3, -0.25) is 14.9 Å². The lowest BCUT2D eigenvalue weighted by atomic mass is 10.2. The van der Waals surface area contributed by atoms with Gasteiger partial charge in [0.25, 0.3) is 5.91 Å². The predicted molar refractivity (Wildman–Crippen MR) is 95.8 cm³/mol. The van der Waals surface area contributed by atoms with Crippen molar-refractivity contribution in [2.45, 2.75) is 19.9 Å². The van der Waals surface area contributed by atoms with Gasteiger partial charge in [-0.2, -0.15) is 0 Å². The molecule has 0 aromatic heterocycles. The monoisotopic (exact) mass is 378 g/mol. The molecule has 0 aliphatic carbocycles. The van der Waals surface area contributed by atoms with Crippen molar-refractivity contribution in [3.63, 3.8) is 0 Å². The van der Waals surface area contributed by atoms with E-state index in [4.69, 9.17) is 9.47 Å². The van der Waals surface area contributed by atoms with Crippen LogP contribution in [0, 0.1) is 0 Å². The van der Waals surface area contributed by atoms with E-state index in [1.165, 1.54) is 13.0 Å². The molecule has 0 saturated heterocycles. The van der Waals surface area contributed by atoms with E-state index in [9.17, 15) is 19.2 Å². The molecule has 2 N–H and O–H groups in total. The zero-order valence-electron chi connectivity index (χ0n) is 15.3. The summed E-state index contributed by atoms with van der Waals surface area (Å²) in [5, 5.41) is 4.29. The maximum atomic E-state index is 11.8. The molecule has 3 amide bonds. The highest BCUT2D eigenvalue weighted by Crippen LogP contribution is 2.12. The number of ether oxygens (including phenoxy) is 3. The van der Waals surface area contributed by atoms with Gasteiger partial charge in [-0.25, -0.2) is 9.59 Å². The Bertz CT molecular complexity index is 698. The molecule has 9 heteroatoms. The summed E-state index contributed by atoms with van der Waals surface area (Å²) in [5.41, 5.74) is 0.775. The van der Waals surface area contributed by atoms with Crippen LogP contribution in [0.3, 0.4) is 0 Å². The summed E-state index contributed by atoms with van der Waals surface area (Å²) in [6.45, 7) is 2.42. The molecule has 1 aromatic rings. The SMILES string of the molecule is CCOC(=O)NC(=O)COC(=O)[C@H](C)NC(=O)/C=C/c1ccc(OC)cc1. The minimum atomic E-state index is -0.978. The van der Waals surface area contributed by atoms with E-state index in [2.05, 4.69) is 10.1 Å². The number of hydrogen-bond donors (Lipinski definition) is 2. The van der Waals surface area contributed by atoms with E-state index in [-0.39, 0.29) is 6.61 Å². The molecule has 0 fully saturated rings. The Labute approximate surface area is 156 Å². The van der Waals surface area contributed by atoms with Crippen molar-refractivity contribution < 1.29 is 33.4 Å². The number of nitrogens with one attached hydrogen (secondary N) is 2. The molecule has 0 saturated carbocycles. The molecule has 1 aromatic carbocycles. The van der Waals surface area contributed by atoms with Crippen molar-refractivity contribution in [3.05, 3.63) is 35.9 Å². The van der Waals surface area contributed by atoms with E-state index in [1.807, 2.05) is 5.32 Å². The van der Waals surface area contributed by atoms with Crippen molar-refractivity contribution in [1.82, 2.24) is 10.6 Å². The molecule has 0 heterocycles. The Morgan fingerprint density at radius 2 is 1.78 bits per heavy atom. The van der Waals surface area contributed by atoms with Gasteiger partial charge in [-0.05, 0) is 37.6 Å². The van der Waals surface area contributed by atoms with Crippen molar-refractivity contribution in [3.8, 4) is 5.75 Å². The fourth-order valence-corrected chi connectivity index (χ4v) is 1.79. The third kappa shape index (κ3) is 8.52. The average molecular weight is 378 g/mol. The first-order chi connectivity index (χ1) is 12.8. The van der Waals surface area contributed by atoms with Crippen LogP contribution in [0.4, 0.5) is 4.79 Å². The summed E-state index contributed by atoms with van der Waals surface area (Å²) in [5.74, 6) is -1.47. The van der Waals surface area contributed by atoms with Gasteiger partial charge in [0.15, 0.2) is 6.61 Å². The molecule has 0 spiro atoms. The smallest absolute Gasteiger partial charge is 0.413 e. The Morgan fingerprint density at radius 3 is 2.37 bits per heavy atom. The molecule has 9 nitrogen and oxygen atoms in total. The van der Waals surface area contributed by atoms with Gasteiger partial charge in [0.05, 0.1) is 13.7 Å². The lowest BCUT2D eigenvalue weighted by Crippen LogP contribution is -2.41. The van der Waals surface area contributed by atoms with Gasteiger partial charge in [0.1, 0.15) is 11.8 Å². The minimum Gasteiger partial charge on any atom is -0.497 e. The molecule has 0 bridgehead atoms. The number of methoxy groups -OCH3 is 1. The van der Waals surface area contributed by atoms with Crippen LogP contribution in [0.25, 0.3) is 6.08 Å². The molecule has 0 unspecified atom stereocenters. The second-order valence-corrected chi connectivity index (χ2v) is 5.21. The topological polar surface area (TPSA) is 120 Å². The zero-order chi connectivity index (χ0) is 20.2. The number of hydrogen-bond acceptors (Lipinski definition) is 7. The summed E-state index contributed by atoms with van der Waals surface area (Å²) < 4.78 is 14.3. The fraction of sp³-hybridized carbons (Fsp3) is 0.333. The highest BCUT2D eigenvalue weighted by molar-refractivity contribution is 5.95. The summed E-state index contributed by atoms with van der Waals surface area (Å²) in [6, 6.07) is 6.05. The van der Waals surface area contributed by atoms with Gasteiger partial charge < -0.3 is 19.5 Å². The minimum absolute atomic E-state index is 0.103. The number of rotatable bonds is 8. The normalized spacial score (nSPS) is 11.4. The first kappa shape index (κ1) is 21.7. The molecule has 0 aliphatic heterocycles. The van der Waals surface area contributed by atoms with Gasteiger partial charge in [0.2, 0.25) is 5.91 Å². The van der Waals surface area contributed by atoms with Crippen molar-refractivity contribution >= 4 is 30.0 Å². The van der Waals surface area contributed by atoms with E-state index < -0.39 is 36.5 Å². The second kappa shape index (κ2) is 11.3. The number of carbonyl (C=O) groups excluding carboxylic acids is 4. The highest BCUT2D eigenvalue weighted by atomic mass is 16.6. The molecule has 1 rings (SSSR count). The summed E-state index contributed by atoms with van der Waals surface area (Å²) >= 11 is 0. The van der Waals surface area contributed by atoms with Gasteiger partial charge in [-0.15, -0.1) is 0 Å². The predicted octanol–water partition coefficient (Wildman–Crippen LogP) is 1.03. The number of benzene rings is 1. The largest absolute Gasteiger partial charge is 0.497 e. The maximum Gasteiger partial charge on any atom is 0.413 e. The van der Waals surface area contributed by atoms with Crippen LogP contribution in [0.5, 0.6) is 5.75 Å². The van der Waals surface area contributed by atoms with Crippen molar-refractivity contribution in [2.75, 3.05) is 20.3 Å². The molecular formula is C18H22N2O7. The van der Waals surface area contributed by atoms with Crippen LogP contribution in [-0.2, 0) is 23.9 Å². The van der Waals surface area contributed by atoms with Gasteiger partial charge in [0, 0.05) is 6.08 Å². The molecule has 0 radical (unpaired) electrons. The van der Waals surface area contributed by atoms with Crippen LogP contribution < -0.4 is 15.4 Å². The third-order valence-corrected chi connectivity index (χ3v) is 3.12. The molecule has 1 atom stereocenters. The number of imide groups is 1. The molecule has 146 valence electrons. The second-order valence-electron chi connectivity index (χ2n) is 5.21. The summed E-state index contributed by atoms with van der Waals surface area (Å²) in [7, 11) is 1.55. The van der Waals surface area contributed by atoms with Crippen LogP contribution in [0.1, 0.15) is 19.4 Å². The maximum absolute atomic E-state index is 11.8. The quantitative estimate of drug-likeness (QED) is 0.512. The number of alkyl carbamates (subject to hydrolysis) is 1. The van der Waals surface area contributed by atoms with Gasteiger partial charge in [-0.1, -0.05) is 12.1 Å². The Hall–Kier alpha value is -3.36. The first-order valence-electron chi connectivity index (χ1n) is 8.11. The number of amides is 3. The molecule has 27 heavy (non-hydrogen) atoms. The Kier molecular flexibility index (Phi) is 9.07. The lowest BCUT2D eigenvalue weighted by Gasteiger charge is -2.12. The highest BCUT2D eigenvalue weighted by Gasteiger charge is 2.18. The summed E-state index contributed by atoms with van der Waals surface area (Å²) in [4.78, 5) is 46.0. The summed E-state index contributed by atoms with van der Waals surface area (Å²) in [6.07, 6.45) is 1.90. The van der Waals surface area contributed by atoms with E-state index in [1.54, 1.807) is 44.4 Å². The van der Waals surface area contributed by atoms with E-state index in [0.717, 1.165) is 5.56 Å². The number of carbonyl (C=O) groups is 4. The van der Waals surface area contributed by atoms with Crippen molar-refractivity contribution in [2.24, 2.45) is 0 Å². The average Bonchev–Trinajstić information content (AvgIpc) is 2.64. The Morgan fingerprint density at radius 1 is 1.11 bits per heavy atom.